The van der Waals surface area contributed by atoms with E-state index in [1.165, 1.54) is 12.1 Å². The molecule has 7 heteroatoms. The molecule has 1 N–H and O–H groups in total. The lowest BCUT2D eigenvalue weighted by Gasteiger charge is -2.18. The van der Waals surface area contributed by atoms with E-state index in [2.05, 4.69) is 5.32 Å². The molecule has 2 heterocycles. The monoisotopic (exact) mass is 481 g/mol. The predicted octanol–water partition coefficient (Wildman–Crippen LogP) is 6.44. The summed E-state index contributed by atoms with van der Waals surface area (Å²) in [6.45, 7) is 4.22. The van der Waals surface area contributed by atoms with Crippen molar-refractivity contribution in [3.05, 3.63) is 99.6 Å². The summed E-state index contributed by atoms with van der Waals surface area (Å²) in [5.74, 6) is 0.977. The average molecular weight is 482 g/mol. The number of thioether (sulfide) groups is 1. The maximum atomic E-state index is 13.4. The molecule has 1 aliphatic heterocycles. The molecule has 0 unspecified atom stereocenters. The molecule has 0 radical (unpaired) electrons. The van der Waals surface area contributed by atoms with Crippen LogP contribution in [0.1, 0.15) is 52.8 Å². The van der Waals surface area contributed by atoms with Gasteiger partial charge in [-0.1, -0.05) is 60.1 Å². The van der Waals surface area contributed by atoms with E-state index in [4.69, 9.17) is 16.7 Å². The van der Waals surface area contributed by atoms with Gasteiger partial charge in [-0.05, 0) is 48.8 Å². The number of hydrogen-bond acceptors (Lipinski definition) is 3. The number of aromatic nitrogens is 2. The molecule has 2 aromatic carbocycles. The summed E-state index contributed by atoms with van der Waals surface area (Å²) < 4.78 is 15.2. The Morgan fingerprint density at radius 1 is 1.21 bits per heavy atom. The van der Waals surface area contributed by atoms with Gasteiger partial charge >= 0.3 is 0 Å². The van der Waals surface area contributed by atoms with Crippen LogP contribution in [0.4, 0.5) is 4.39 Å². The first-order chi connectivity index (χ1) is 16.0. The third kappa shape index (κ3) is 5.40. The lowest BCUT2D eigenvalue weighted by molar-refractivity contribution is 0.0933. The molecule has 1 aliphatic rings. The second kappa shape index (κ2) is 10.4. The van der Waals surface area contributed by atoms with Gasteiger partial charge in [-0.25, -0.2) is 4.39 Å². The Bertz CT molecular complexity index is 1200. The third-order valence-corrected chi connectivity index (χ3v) is 6.89. The van der Waals surface area contributed by atoms with Crippen LogP contribution in [0.15, 0.2) is 65.7 Å². The highest BCUT2D eigenvalue weighted by molar-refractivity contribution is 7.99. The Kier molecular flexibility index (Phi) is 7.36. The van der Waals surface area contributed by atoms with Crippen LogP contribution < -0.4 is 5.32 Å². The maximum Gasteiger partial charge on any atom is 0.272 e. The van der Waals surface area contributed by atoms with E-state index in [1.807, 2.05) is 61.0 Å². The average Bonchev–Trinajstić information content (AvgIpc) is 3.20. The molecule has 170 valence electrons. The van der Waals surface area contributed by atoms with Gasteiger partial charge in [0.2, 0.25) is 0 Å². The van der Waals surface area contributed by atoms with Crippen molar-refractivity contribution in [2.75, 3.05) is 5.75 Å². The van der Waals surface area contributed by atoms with E-state index < -0.39 is 0 Å². The van der Waals surface area contributed by atoms with Crippen LogP contribution in [0.3, 0.4) is 0 Å². The maximum absolute atomic E-state index is 13.4. The molecule has 4 rings (SSSR count). The van der Waals surface area contributed by atoms with Gasteiger partial charge in [0.1, 0.15) is 5.82 Å². The molecule has 0 bridgehead atoms. The minimum atomic E-state index is -0.271. The second-order valence-electron chi connectivity index (χ2n) is 7.89. The van der Waals surface area contributed by atoms with Crippen molar-refractivity contribution in [2.24, 2.45) is 0 Å². The summed E-state index contributed by atoms with van der Waals surface area (Å²) in [5.41, 5.74) is 5.20. The van der Waals surface area contributed by atoms with E-state index in [9.17, 15) is 9.18 Å². The highest BCUT2D eigenvalue weighted by Crippen LogP contribution is 2.36. The van der Waals surface area contributed by atoms with Gasteiger partial charge in [0.15, 0.2) is 5.69 Å². The number of amides is 1. The SMILES string of the molecule is C/C=C(/Cl)Cn1nc(C(=O)N[C@@H](C)c2ccccc2)c2c1/C(=C/c1ccc(F)cc1)CSC2. The molecule has 3 aromatic rings. The molecule has 1 atom stereocenters. The fraction of sp³-hybridized carbons (Fsp3) is 0.231. The number of rotatable bonds is 6. The third-order valence-electron chi connectivity index (χ3n) is 5.55. The fourth-order valence-corrected chi connectivity index (χ4v) is 4.95. The molecular weight excluding hydrogens is 457 g/mol. The van der Waals surface area contributed by atoms with Gasteiger partial charge in [0, 0.05) is 22.1 Å². The number of nitrogens with one attached hydrogen (secondary N) is 1. The number of hydrogen-bond donors (Lipinski definition) is 1. The van der Waals surface area contributed by atoms with E-state index in [-0.39, 0.29) is 17.8 Å². The number of allylic oxidation sites excluding steroid dienone is 2. The van der Waals surface area contributed by atoms with E-state index >= 15 is 0 Å². The molecule has 0 aliphatic carbocycles. The highest BCUT2D eigenvalue weighted by Gasteiger charge is 2.29. The van der Waals surface area contributed by atoms with Crippen molar-refractivity contribution in [3.63, 3.8) is 0 Å². The Hall–Kier alpha value is -2.83. The standard InChI is InChI=1S/C26H25ClFN3OS/c1-3-21(27)14-31-25-20(13-18-9-11-22(28)12-10-18)15-33-16-23(25)24(30-31)26(32)29-17(2)19-7-5-4-6-8-19/h3-13,17H,14-16H2,1-2H3,(H,29,32)/b20-13+,21-3+/t17-/m0/s1. The van der Waals surface area contributed by atoms with Crippen LogP contribution in [0.5, 0.6) is 0 Å². The van der Waals surface area contributed by atoms with Gasteiger partial charge in [-0.3, -0.25) is 9.48 Å². The van der Waals surface area contributed by atoms with Gasteiger partial charge in [0.05, 0.1) is 18.3 Å². The van der Waals surface area contributed by atoms with Crippen LogP contribution >= 0.6 is 23.4 Å². The minimum absolute atomic E-state index is 0.149. The first-order valence-electron chi connectivity index (χ1n) is 10.8. The largest absolute Gasteiger partial charge is 0.344 e. The summed E-state index contributed by atoms with van der Waals surface area (Å²) in [4.78, 5) is 13.3. The van der Waals surface area contributed by atoms with Crippen molar-refractivity contribution < 1.29 is 9.18 Å². The van der Waals surface area contributed by atoms with Crippen molar-refractivity contribution >= 4 is 40.9 Å². The lowest BCUT2D eigenvalue weighted by atomic mass is 10.0. The normalized spacial score (nSPS) is 15.9. The van der Waals surface area contributed by atoms with Gasteiger partial charge in [-0.15, -0.1) is 0 Å². The van der Waals surface area contributed by atoms with Crippen LogP contribution in [0.25, 0.3) is 11.6 Å². The summed E-state index contributed by atoms with van der Waals surface area (Å²) in [7, 11) is 0. The molecule has 0 saturated carbocycles. The number of carbonyl (C=O) groups is 1. The lowest BCUT2D eigenvalue weighted by Crippen LogP contribution is -2.28. The smallest absolute Gasteiger partial charge is 0.272 e. The molecule has 1 amide bonds. The van der Waals surface area contributed by atoms with Gasteiger partial charge in [0.25, 0.3) is 5.91 Å². The van der Waals surface area contributed by atoms with E-state index in [0.29, 0.717) is 23.0 Å². The van der Waals surface area contributed by atoms with E-state index in [0.717, 1.165) is 33.7 Å². The Morgan fingerprint density at radius 2 is 1.94 bits per heavy atom. The minimum Gasteiger partial charge on any atom is -0.344 e. The Balaban J connectivity index is 1.72. The van der Waals surface area contributed by atoms with E-state index in [1.54, 1.807) is 23.9 Å². The second-order valence-corrected chi connectivity index (χ2v) is 9.36. The number of benzene rings is 2. The number of carbonyl (C=O) groups excluding carboxylic acids is 1. The number of nitrogens with zero attached hydrogens (tertiary/aromatic N) is 2. The summed E-state index contributed by atoms with van der Waals surface area (Å²) in [6, 6.07) is 16.1. The van der Waals surface area contributed by atoms with Gasteiger partial charge < -0.3 is 5.32 Å². The molecule has 0 saturated heterocycles. The van der Waals surface area contributed by atoms with Gasteiger partial charge in [-0.2, -0.15) is 16.9 Å². The zero-order chi connectivity index (χ0) is 23.4. The fourth-order valence-electron chi connectivity index (χ4n) is 3.82. The zero-order valence-electron chi connectivity index (χ0n) is 18.5. The molecule has 0 fully saturated rings. The zero-order valence-corrected chi connectivity index (χ0v) is 20.1. The van der Waals surface area contributed by atoms with Crippen molar-refractivity contribution in [2.45, 2.75) is 32.2 Å². The molecular formula is C26H25ClFN3OS. The quantitative estimate of drug-likeness (QED) is 0.440. The first-order valence-corrected chi connectivity index (χ1v) is 12.3. The molecule has 1 aromatic heterocycles. The Morgan fingerprint density at radius 3 is 2.64 bits per heavy atom. The predicted molar refractivity (Wildman–Crippen MR) is 135 cm³/mol. The summed E-state index contributed by atoms with van der Waals surface area (Å²) >= 11 is 8.08. The van der Waals surface area contributed by atoms with Crippen molar-refractivity contribution in [3.8, 4) is 0 Å². The van der Waals surface area contributed by atoms with Crippen LogP contribution in [0, 0.1) is 5.82 Å². The van der Waals surface area contributed by atoms with Crippen LogP contribution in [-0.2, 0) is 12.3 Å². The number of fused-ring (bicyclic) bond motifs is 1. The molecule has 33 heavy (non-hydrogen) atoms. The first kappa shape index (κ1) is 23.3. The topological polar surface area (TPSA) is 46.9 Å². The van der Waals surface area contributed by atoms with Crippen LogP contribution in [0.2, 0.25) is 0 Å². The van der Waals surface area contributed by atoms with Crippen molar-refractivity contribution in [1.29, 1.82) is 0 Å². The Labute approximate surface area is 202 Å². The molecule has 4 nitrogen and oxygen atoms in total. The molecule has 0 spiro atoms. The number of halogens is 2. The summed E-state index contributed by atoms with van der Waals surface area (Å²) in [6.07, 6.45) is 3.86. The van der Waals surface area contributed by atoms with Crippen molar-refractivity contribution in [1.82, 2.24) is 15.1 Å². The highest BCUT2D eigenvalue weighted by atomic mass is 35.5. The van der Waals surface area contributed by atoms with Crippen LogP contribution in [-0.4, -0.2) is 21.4 Å². The summed E-state index contributed by atoms with van der Waals surface area (Å²) in [5, 5.41) is 8.42.